The fourth-order valence-corrected chi connectivity index (χ4v) is 3.74. The number of aromatic nitrogens is 2. The monoisotopic (exact) mass is 244 g/mol. The Bertz CT molecular complexity index is 464. The van der Waals surface area contributed by atoms with Gasteiger partial charge in [-0.05, 0) is 18.9 Å². The molecule has 0 radical (unpaired) electrons. The molecule has 0 aromatic carbocycles. The van der Waals surface area contributed by atoms with E-state index in [-0.39, 0.29) is 11.5 Å². The molecular weight excluding hydrogens is 228 g/mol. The number of ether oxygens (including phenoxy) is 1. The van der Waals surface area contributed by atoms with Crippen LogP contribution in [0.5, 0.6) is 0 Å². The lowest BCUT2D eigenvalue weighted by atomic mass is 9.92. The Hall–Kier alpha value is -0.880. The van der Waals surface area contributed by atoms with Crippen LogP contribution in [-0.2, 0) is 27.2 Å². The molecule has 0 bridgehead atoms. The summed E-state index contributed by atoms with van der Waals surface area (Å²) in [7, 11) is 0.599. The Morgan fingerprint density at radius 3 is 2.50 bits per heavy atom. The number of nitrogens with zero attached hydrogens (tertiary/aromatic N) is 2. The van der Waals surface area contributed by atoms with E-state index in [0.717, 1.165) is 5.69 Å². The van der Waals surface area contributed by atoms with Crippen LogP contribution in [0.25, 0.3) is 0 Å². The van der Waals surface area contributed by atoms with Gasteiger partial charge in [0, 0.05) is 20.4 Å². The molecule has 1 fully saturated rings. The highest BCUT2D eigenvalue weighted by Crippen LogP contribution is 2.36. The van der Waals surface area contributed by atoms with Crippen molar-refractivity contribution in [1.29, 1.82) is 0 Å². The fourth-order valence-electron chi connectivity index (χ4n) is 2.25. The van der Waals surface area contributed by atoms with Crippen molar-refractivity contribution >= 4 is 9.84 Å². The summed E-state index contributed by atoms with van der Waals surface area (Å²) in [5.74, 6) is 0.373. The first-order chi connectivity index (χ1) is 7.49. The standard InChI is InChI=1S/C10H16N2O3S/c1-12-9(3-6-11-12)10(15-2)4-7-16(13,14)8-5-10/h3,6H,4-5,7-8H2,1-2H3. The van der Waals surface area contributed by atoms with Gasteiger partial charge in [-0.3, -0.25) is 4.68 Å². The summed E-state index contributed by atoms with van der Waals surface area (Å²) >= 11 is 0. The molecule has 0 aliphatic carbocycles. The SMILES string of the molecule is COC1(c2ccnn2C)CCS(=O)(=O)CC1. The van der Waals surface area contributed by atoms with E-state index >= 15 is 0 Å². The molecule has 6 heteroatoms. The van der Waals surface area contributed by atoms with Gasteiger partial charge >= 0.3 is 0 Å². The van der Waals surface area contributed by atoms with Crippen molar-refractivity contribution in [3.05, 3.63) is 18.0 Å². The summed E-state index contributed by atoms with van der Waals surface area (Å²) in [5, 5.41) is 4.11. The molecule has 0 N–H and O–H groups in total. The predicted molar refractivity (Wildman–Crippen MR) is 59.8 cm³/mol. The van der Waals surface area contributed by atoms with Gasteiger partial charge in [0.05, 0.1) is 17.2 Å². The van der Waals surface area contributed by atoms with Crippen LogP contribution >= 0.6 is 0 Å². The number of hydrogen-bond donors (Lipinski definition) is 0. The van der Waals surface area contributed by atoms with Crippen molar-refractivity contribution in [3.63, 3.8) is 0 Å². The second-order valence-electron chi connectivity index (χ2n) is 4.19. The predicted octanol–water partition coefficient (Wildman–Crippen LogP) is 0.470. The van der Waals surface area contributed by atoms with Crippen LogP contribution in [-0.4, -0.2) is 36.8 Å². The highest BCUT2D eigenvalue weighted by molar-refractivity contribution is 7.91. The number of rotatable bonds is 2. The topological polar surface area (TPSA) is 61.2 Å². The van der Waals surface area contributed by atoms with Gasteiger partial charge in [0.2, 0.25) is 0 Å². The second kappa shape index (κ2) is 3.85. The summed E-state index contributed by atoms with van der Waals surface area (Å²) in [4.78, 5) is 0. The van der Waals surface area contributed by atoms with Gasteiger partial charge in [0.15, 0.2) is 9.84 Å². The molecule has 0 saturated carbocycles. The molecule has 0 atom stereocenters. The average molecular weight is 244 g/mol. The molecule has 5 nitrogen and oxygen atoms in total. The van der Waals surface area contributed by atoms with Gasteiger partial charge in [0.1, 0.15) is 5.60 Å². The van der Waals surface area contributed by atoms with Crippen LogP contribution in [0, 0.1) is 0 Å². The molecule has 2 heterocycles. The zero-order valence-electron chi connectivity index (χ0n) is 9.51. The van der Waals surface area contributed by atoms with E-state index in [1.165, 1.54) is 0 Å². The number of sulfone groups is 1. The molecule has 90 valence electrons. The maximum absolute atomic E-state index is 11.4. The quantitative estimate of drug-likeness (QED) is 0.758. The molecule has 1 aliphatic heterocycles. The van der Waals surface area contributed by atoms with Gasteiger partial charge in [-0.15, -0.1) is 0 Å². The van der Waals surface area contributed by atoms with Crippen LogP contribution in [0.3, 0.4) is 0 Å². The third kappa shape index (κ3) is 1.87. The molecule has 1 aromatic heterocycles. The third-order valence-corrected chi connectivity index (χ3v) is 4.96. The molecule has 16 heavy (non-hydrogen) atoms. The molecular formula is C10H16N2O3S. The molecule has 1 saturated heterocycles. The third-order valence-electron chi connectivity index (χ3n) is 3.31. The van der Waals surface area contributed by atoms with E-state index < -0.39 is 15.4 Å². The number of methoxy groups -OCH3 is 1. The number of aryl methyl sites for hydroxylation is 1. The Morgan fingerprint density at radius 2 is 2.06 bits per heavy atom. The van der Waals surface area contributed by atoms with Gasteiger partial charge in [-0.2, -0.15) is 5.10 Å². The minimum atomic E-state index is -2.88. The van der Waals surface area contributed by atoms with E-state index in [1.807, 2.05) is 13.1 Å². The van der Waals surface area contributed by atoms with Crippen LogP contribution in [0.1, 0.15) is 18.5 Å². The lowest BCUT2D eigenvalue weighted by Gasteiger charge is -2.35. The Morgan fingerprint density at radius 1 is 1.44 bits per heavy atom. The van der Waals surface area contributed by atoms with Crippen LogP contribution < -0.4 is 0 Å². The highest BCUT2D eigenvalue weighted by Gasteiger charge is 2.40. The van der Waals surface area contributed by atoms with E-state index in [4.69, 9.17) is 4.74 Å². The Kier molecular flexibility index (Phi) is 2.79. The minimum Gasteiger partial charge on any atom is -0.372 e. The van der Waals surface area contributed by atoms with Gasteiger partial charge < -0.3 is 4.74 Å². The van der Waals surface area contributed by atoms with Crippen molar-refractivity contribution in [2.24, 2.45) is 7.05 Å². The van der Waals surface area contributed by atoms with Gasteiger partial charge in [0.25, 0.3) is 0 Å². The second-order valence-corrected chi connectivity index (χ2v) is 6.49. The summed E-state index contributed by atoms with van der Waals surface area (Å²) < 4.78 is 30.2. The molecule has 0 spiro atoms. The van der Waals surface area contributed by atoms with Crippen LogP contribution in [0.15, 0.2) is 12.3 Å². The molecule has 2 rings (SSSR count). The molecule has 0 unspecified atom stereocenters. The van der Waals surface area contributed by atoms with Crippen molar-refractivity contribution in [2.45, 2.75) is 18.4 Å². The summed E-state index contributed by atoms with van der Waals surface area (Å²) in [6.07, 6.45) is 2.72. The van der Waals surface area contributed by atoms with Crippen molar-refractivity contribution in [2.75, 3.05) is 18.6 Å². The zero-order valence-corrected chi connectivity index (χ0v) is 10.3. The normalized spacial score (nSPS) is 23.1. The van der Waals surface area contributed by atoms with Crippen molar-refractivity contribution in [1.82, 2.24) is 9.78 Å². The zero-order chi connectivity index (χ0) is 11.8. The lowest BCUT2D eigenvalue weighted by Crippen LogP contribution is -2.40. The van der Waals surface area contributed by atoms with E-state index in [0.29, 0.717) is 12.8 Å². The first kappa shape index (κ1) is 11.6. The Labute approximate surface area is 95.3 Å². The molecule has 0 amide bonds. The number of hydrogen-bond acceptors (Lipinski definition) is 4. The Balaban J connectivity index is 2.33. The first-order valence-corrected chi connectivity index (χ1v) is 7.05. The van der Waals surface area contributed by atoms with Gasteiger partial charge in [-0.1, -0.05) is 0 Å². The lowest BCUT2D eigenvalue weighted by molar-refractivity contribution is -0.0296. The summed E-state index contributed by atoms with van der Waals surface area (Å²) in [6.45, 7) is 0. The van der Waals surface area contributed by atoms with Crippen LogP contribution in [0.4, 0.5) is 0 Å². The maximum Gasteiger partial charge on any atom is 0.150 e. The van der Waals surface area contributed by atoms with Crippen molar-refractivity contribution in [3.8, 4) is 0 Å². The smallest absolute Gasteiger partial charge is 0.150 e. The molecule has 1 aliphatic rings. The van der Waals surface area contributed by atoms with Crippen molar-refractivity contribution < 1.29 is 13.2 Å². The van der Waals surface area contributed by atoms with E-state index in [2.05, 4.69) is 5.10 Å². The van der Waals surface area contributed by atoms with Gasteiger partial charge in [-0.25, -0.2) is 8.42 Å². The first-order valence-electron chi connectivity index (χ1n) is 5.23. The van der Waals surface area contributed by atoms with Crippen LogP contribution in [0.2, 0.25) is 0 Å². The average Bonchev–Trinajstić information content (AvgIpc) is 2.66. The molecule has 1 aromatic rings. The highest BCUT2D eigenvalue weighted by atomic mass is 32.2. The van der Waals surface area contributed by atoms with E-state index in [1.54, 1.807) is 18.0 Å². The summed E-state index contributed by atoms with van der Waals surface area (Å²) in [5.41, 5.74) is 0.459. The summed E-state index contributed by atoms with van der Waals surface area (Å²) in [6, 6.07) is 1.89. The minimum absolute atomic E-state index is 0.187. The largest absolute Gasteiger partial charge is 0.372 e. The fraction of sp³-hybridized carbons (Fsp3) is 0.700. The van der Waals surface area contributed by atoms with E-state index in [9.17, 15) is 8.42 Å². The maximum atomic E-state index is 11.4.